The van der Waals surface area contributed by atoms with Gasteiger partial charge in [-0.3, -0.25) is 9.78 Å². The number of carbonyl (C=O) groups is 1. The highest BCUT2D eigenvalue weighted by molar-refractivity contribution is 5.92. The average molecular weight is 265 g/mol. The summed E-state index contributed by atoms with van der Waals surface area (Å²) in [6, 6.07) is 0.0763. The van der Waals surface area contributed by atoms with Crippen molar-refractivity contribution in [2.45, 2.75) is 26.8 Å². The van der Waals surface area contributed by atoms with Crippen LogP contribution in [0.2, 0.25) is 0 Å². The molecule has 1 atom stereocenters. The number of carbonyl (C=O) groups excluding carboxylic acids is 1. The van der Waals surface area contributed by atoms with E-state index < -0.39 is 0 Å². The van der Waals surface area contributed by atoms with Crippen molar-refractivity contribution in [3.8, 4) is 0 Å². The molecule has 0 aliphatic carbocycles. The van der Waals surface area contributed by atoms with Crippen molar-refractivity contribution >= 4 is 11.7 Å². The van der Waals surface area contributed by atoms with Gasteiger partial charge in [0.05, 0.1) is 12.4 Å². The second kappa shape index (κ2) is 7.68. The first-order chi connectivity index (χ1) is 9.10. The number of likely N-dealkylation sites (N-methyl/N-ethyl adjacent to an activating group) is 1. The van der Waals surface area contributed by atoms with Crippen molar-refractivity contribution < 1.29 is 4.79 Å². The van der Waals surface area contributed by atoms with E-state index in [2.05, 4.69) is 39.3 Å². The molecular weight excluding hydrogens is 242 g/mol. The third-order valence-electron chi connectivity index (χ3n) is 2.93. The first-order valence-electron chi connectivity index (χ1n) is 6.63. The van der Waals surface area contributed by atoms with Crippen LogP contribution in [0.25, 0.3) is 0 Å². The van der Waals surface area contributed by atoms with Crippen molar-refractivity contribution in [3.05, 3.63) is 18.1 Å². The molecule has 0 fully saturated rings. The minimum absolute atomic E-state index is 0.0763. The zero-order valence-corrected chi connectivity index (χ0v) is 12.1. The molecule has 1 unspecified atom stereocenters. The Balaban J connectivity index is 2.58. The smallest absolute Gasteiger partial charge is 0.271 e. The van der Waals surface area contributed by atoms with E-state index in [1.54, 1.807) is 13.2 Å². The topological polar surface area (TPSA) is 70.2 Å². The Labute approximate surface area is 114 Å². The zero-order valence-electron chi connectivity index (χ0n) is 12.1. The molecule has 6 nitrogen and oxygen atoms in total. The van der Waals surface area contributed by atoms with Gasteiger partial charge < -0.3 is 15.5 Å². The summed E-state index contributed by atoms with van der Waals surface area (Å²) < 4.78 is 0. The number of rotatable bonds is 7. The Morgan fingerprint density at radius 3 is 2.63 bits per heavy atom. The van der Waals surface area contributed by atoms with Crippen LogP contribution in [0.5, 0.6) is 0 Å². The zero-order chi connectivity index (χ0) is 14.3. The SMILES string of the molecule is CCN(CC)CC(C)NC(=O)c1cncc(NC)n1. The molecule has 0 radical (unpaired) electrons. The van der Waals surface area contributed by atoms with E-state index >= 15 is 0 Å². The van der Waals surface area contributed by atoms with Crippen LogP contribution in [0.4, 0.5) is 5.82 Å². The maximum absolute atomic E-state index is 12.0. The third kappa shape index (κ3) is 4.82. The molecule has 1 amide bonds. The monoisotopic (exact) mass is 265 g/mol. The summed E-state index contributed by atoms with van der Waals surface area (Å²) in [6.07, 6.45) is 3.05. The van der Waals surface area contributed by atoms with Crippen LogP contribution in [0, 0.1) is 0 Å². The Hall–Kier alpha value is -1.69. The van der Waals surface area contributed by atoms with Gasteiger partial charge in [-0.1, -0.05) is 13.8 Å². The summed E-state index contributed by atoms with van der Waals surface area (Å²) in [7, 11) is 1.74. The van der Waals surface area contributed by atoms with E-state index in [1.165, 1.54) is 6.20 Å². The number of anilines is 1. The lowest BCUT2D eigenvalue weighted by molar-refractivity contribution is 0.0925. The standard InChI is InChI=1S/C13H23N5O/c1-5-18(6-2)9-10(3)16-13(19)11-7-15-8-12(14-4)17-11/h7-8,10H,5-6,9H2,1-4H3,(H,14,17)(H,16,19). The molecule has 1 aromatic heterocycles. The number of nitrogens with zero attached hydrogens (tertiary/aromatic N) is 3. The van der Waals surface area contributed by atoms with Crippen LogP contribution in [0.3, 0.4) is 0 Å². The molecule has 1 aromatic rings. The molecule has 0 saturated carbocycles. The van der Waals surface area contributed by atoms with Gasteiger partial charge in [0.1, 0.15) is 11.5 Å². The van der Waals surface area contributed by atoms with Crippen molar-refractivity contribution in [3.63, 3.8) is 0 Å². The summed E-state index contributed by atoms with van der Waals surface area (Å²) in [5, 5.41) is 5.80. The summed E-state index contributed by atoms with van der Waals surface area (Å²) in [5.74, 6) is 0.397. The van der Waals surface area contributed by atoms with Gasteiger partial charge in [-0.2, -0.15) is 0 Å². The van der Waals surface area contributed by atoms with Crippen LogP contribution in [0.1, 0.15) is 31.3 Å². The van der Waals surface area contributed by atoms with Crippen LogP contribution < -0.4 is 10.6 Å². The lowest BCUT2D eigenvalue weighted by Gasteiger charge is -2.23. The number of nitrogens with one attached hydrogen (secondary N) is 2. The van der Waals surface area contributed by atoms with Crippen LogP contribution >= 0.6 is 0 Å². The lowest BCUT2D eigenvalue weighted by Crippen LogP contribution is -2.42. The van der Waals surface area contributed by atoms with E-state index in [9.17, 15) is 4.79 Å². The van der Waals surface area contributed by atoms with Gasteiger partial charge in [-0.15, -0.1) is 0 Å². The molecule has 0 aliphatic rings. The normalized spacial score (nSPS) is 12.3. The van der Waals surface area contributed by atoms with Crippen molar-refractivity contribution in [1.82, 2.24) is 20.2 Å². The largest absolute Gasteiger partial charge is 0.372 e. The van der Waals surface area contributed by atoms with Crippen molar-refractivity contribution in [2.75, 3.05) is 32.0 Å². The number of amides is 1. The van der Waals surface area contributed by atoms with Crippen LogP contribution in [0.15, 0.2) is 12.4 Å². The van der Waals surface area contributed by atoms with Crippen LogP contribution in [-0.2, 0) is 0 Å². The highest BCUT2D eigenvalue weighted by Gasteiger charge is 2.13. The second-order valence-corrected chi connectivity index (χ2v) is 4.40. The molecule has 0 saturated heterocycles. The van der Waals surface area contributed by atoms with E-state index in [0.29, 0.717) is 11.5 Å². The predicted molar refractivity (Wildman–Crippen MR) is 76.3 cm³/mol. The van der Waals surface area contributed by atoms with Gasteiger partial charge in [0, 0.05) is 19.6 Å². The van der Waals surface area contributed by atoms with Gasteiger partial charge >= 0.3 is 0 Å². The molecule has 19 heavy (non-hydrogen) atoms. The Kier molecular flexibility index (Phi) is 6.21. The predicted octanol–water partition coefficient (Wildman–Crippen LogP) is 0.978. The molecule has 2 N–H and O–H groups in total. The molecule has 6 heteroatoms. The summed E-state index contributed by atoms with van der Waals surface area (Å²) in [6.45, 7) is 9.00. The number of hydrogen-bond acceptors (Lipinski definition) is 5. The van der Waals surface area contributed by atoms with Gasteiger partial charge in [-0.25, -0.2) is 4.98 Å². The number of hydrogen-bond donors (Lipinski definition) is 2. The van der Waals surface area contributed by atoms with E-state index in [0.717, 1.165) is 19.6 Å². The van der Waals surface area contributed by atoms with Gasteiger partial charge in [-0.05, 0) is 20.0 Å². The fraction of sp³-hybridized carbons (Fsp3) is 0.615. The Bertz CT molecular complexity index is 406. The molecule has 106 valence electrons. The molecule has 1 rings (SSSR count). The minimum Gasteiger partial charge on any atom is -0.372 e. The van der Waals surface area contributed by atoms with Crippen LogP contribution in [-0.4, -0.2) is 53.5 Å². The molecule has 1 heterocycles. The minimum atomic E-state index is -0.191. The highest BCUT2D eigenvalue weighted by atomic mass is 16.1. The molecule has 0 aromatic carbocycles. The Morgan fingerprint density at radius 2 is 2.05 bits per heavy atom. The summed E-state index contributed by atoms with van der Waals surface area (Å²) in [4.78, 5) is 22.4. The maximum atomic E-state index is 12.0. The summed E-state index contributed by atoms with van der Waals surface area (Å²) >= 11 is 0. The van der Waals surface area contributed by atoms with E-state index in [4.69, 9.17) is 0 Å². The average Bonchev–Trinajstić information content (AvgIpc) is 2.44. The fourth-order valence-electron chi connectivity index (χ4n) is 1.81. The van der Waals surface area contributed by atoms with Crippen molar-refractivity contribution in [1.29, 1.82) is 0 Å². The van der Waals surface area contributed by atoms with Gasteiger partial charge in [0.15, 0.2) is 0 Å². The molecule has 0 bridgehead atoms. The quantitative estimate of drug-likeness (QED) is 0.769. The van der Waals surface area contributed by atoms with E-state index in [-0.39, 0.29) is 11.9 Å². The third-order valence-corrected chi connectivity index (χ3v) is 2.93. The molecule has 0 spiro atoms. The van der Waals surface area contributed by atoms with Gasteiger partial charge in [0.2, 0.25) is 0 Å². The molecule has 0 aliphatic heterocycles. The Morgan fingerprint density at radius 1 is 1.37 bits per heavy atom. The van der Waals surface area contributed by atoms with E-state index in [1.807, 2.05) is 6.92 Å². The first-order valence-corrected chi connectivity index (χ1v) is 6.63. The maximum Gasteiger partial charge on any atom is 0.271 e. The lowest BCUT2D eigenvalue weighted by atomic mass is 10.3. The first kappa shape index (κ1) is 15.4. The number of aromatic nitrogens is 2. The fourth-order valence-corrected chi connectivity index (χ4v) is 1.81. The van der Waals surface area contributed by atoms with Crippen molar-refractivity contribution in [2.24, 2.45) is 0 Å². The second-order valence-electron chi connectivity index (χ2n) is 4.40. The molecular formula is C13H23N5O. The van der Waals surface area contributed by atoms with Gasteiger partial charge in [0.25, 0.3) is 5.91 Å². The summed E-state index contributed by atoms with van der Waals surface area (Å²) in [5.41, 5.74) is 0.332. The highest BCUT2D eigenvalue weighted by Crippen LogP contribution is 2.01.